The molecule has 0 saturated heterocycles. The highest BCUT2D eigenvalue weighted by molar-refractivity contribution is 6.00. The average molecular weight is 467 g/mol. The van der Waals surface area contributed by atoms with Gasteiger partial charge < -0.3 is 15.0 Å². The molecule has 1 aromatic heterocycles. The van der Waals surface area contributed by atoms with E-state index in [0.29, 0.717) is 31.3 Å². The predicted octanol–water partition coefficient (Wildman–Crippen LogP) is 4.66. The third-order valence-corrected chi connectivity index (χ3v) is 7.12. The summed E-state index contributed by atoms with van der Waals surface area (Å²) in [5, 5.41) is 8.02. The second-order valence-corrected chi connectivity index (χ2v) is 10.3. The van der Waals surface area contributed by atoms with E-state index in [1.54, 1.807) is 9.58 Å². The lowest BCUT2D eigenvalue weighted by Crippen LogP contribution is -2.65. The fraction of sp³-hybridized carbons (Fsp3) is 0.593. The van der Waals surface area contributed by atoms with Gasteiger partial charge in [0.1, 0.15) is 17.0 Å². The lowest BCUT2D eigenvalue weighted by Gasteiger charge is -2.44. The SMILES string of the molecule is CCOc1ccc(-c2cc3n(n2)C[C@](C)(C(=O)NC2CCCCC2)N(CCC(C)C)C3=O)cc1. The molecule has 1 fully saturated rings. The van der Waals surface area contributed by atoms with Crippen molar-refractivity contribution in [3.05, 3.63) is 36.0 Å². The summed E-state index contributed by atoms with van der Waals surface area (Å²) in [5.74, 6) is 1.04. The molecule has 2 aromatic rings. The Kier molecular flexibility index (Phi) is 7.29. The van der Waals surface area contributed by atoms with E-state index < -0.39 is 5.54 Å². The zero-order chi connectivity index (χ0) is 24.3. The Morgan fingerprint density at radius 2 is 1.91 bits per heavy atom. The minimum absolute atomic E-state index is 0.0692. The number of fused-ring (bicyclic) bond motifs is 1. The van der Waals surface area contributed by atoms with Crippen LogP contribution in [0, 0.1) is 5.92 Å². The molecule has 0 spiro atoms. The van der Waals surface area contributed by atoms with Crippen molar-refractivity contribution in [3.63, 3.8) is 0 Å². The summed E-state index contributed by atoms with van der Waals surface area (Å²) in [6.45, 7) is 9.64. The van der Waals surface area contributed by atoms with Crippen molar-refractivity contribution in [3.8, 4) is 17.0 Å². The van der Waals surface area contributed by atoms with Crippen LogP contribution >= 0.6 is 0 Å². The summed E-state index contributed by atoms with van der Waals surface area (Å²) in [7, 11) is 0. The molecule has 0 bridgehead atoms. The molecule has 34 heavy (non-hydrogen) atoms. The van der Waals surface area contributed by atoms with Crippen LogP contribution in [0.2, 0.25) is 0 Å². The van der Waals surface area contributed by atoms with Crippen LogP contribution in [0.5, 0.6) is 5.75 Å². The average Bonchev–Trinajstić information content (AvgIpc) is 3.24. The number of ether oxygens (including phenoxy) is 1. The van der Waals surface area contributed by atoms with Gasteiger partial charge in [0.25, 0.3) is 5.91 Å². The van der Waals surface area contributed by atoms with Gasteiger partial charge in [0.2, 0.25) is 5.91 Å². The van der Waals surface area contributed by atoms with E-state index >= 15 is 0 Å². The van der Waals surface area contributed by atoms with E-state index in [4.69, 9.17) is 9.84 Å². The van der Waals surface area contributed by atoms with Crippen LogP contribution in [0.1, 0.15) is 76.7 Å². The number of hydrogen-bond donors (Lipinski definition) is 1. The molecule has 7 nitrogen and oxygen atoms in total. The Morgan fingerprint density at radius 1 is 1.21 bits per heavy atom. The fourth-order valence-corrected chi connectivity index (χ4v) is 5.00. The number of carbonyl (C=O) groups excluding carboxylic acids is 2. The van der Waals surface area contributed by atoms with Crippen LogP contribution < -0.4 is 10.1 Å². The quantitative estimate of drug-likeness (QED) is 0.614. The molecular weight excluding hydrogens is 428 g/mol. The molecule has 1 atom stereocenters. The van der Waals surface area contributed by atoms with Gasteiger partial charge in [0.05, 0.1) is 18.8 Å². The Hall–Kier alpha value is -2.83. The summed E-state index contributed by atoms with van der Waals surface area (Å²) in [6, 6.07) is 9.77. The number of aromatic nitrogens is 2. The zero-order valence-electron chi connectivity index (χ0n) is 21.0. The summed E-state index contributed by atoms with van der Waals surface area (Å²) in [5.41, 5.74) is 1.21. The highest BCUT2D eigenvalue weighted by atomic mass is 16.5. The first kappa shape index (κ1) is 24.3. The molecule has 4 rings (SSSR count). The van der Waals surface area contributed by atoms with Crippen LogP contribution in [-0.4, -0.2) is 51.2 Å². The molecular formula is C27H38N4O3. The lowest BCUT2D eigenvalue weighted by molar-refractivity contribution is -0.134. The number of nitrogens with one attached hydrogen (secondary N) is 1. The van der Waals surface area contributed by atoms with Crippen LogP contribution in [0.3, 0.4) is 0 Å². The van der Waals surface area contributed by atoms with E-state index in [2.05, 4.69) is 19.2 Å². The van der Waals surface area contributed by atoms with Crippen molar-refractivity contribution in [2.24, 2.45) is 5.92 Å². The Balaban J connectivity index is 1.63. The molecule has 2 amide bonds. The molecule has 0 unspecified atom stereocenters. The maximum absolute atomic E-state index is 13.7. The maximum atomic E-state index is 13.7. The largest absolute Gasteiger partial charge is 0.494 e. The smallest absolute Gasteiger partial charge is 0.273 e. The van der Waals surface area contributed by atoms with E-state index in [0.717, 1.165) is 49.1 Å². The van der Waals surface area contributed by atoms with E-state index in [-0.39, 0.29) is 17.9 Å². The summed E-state index contributed by atoms with van der Waals surface area (Å²) in [6.07, 6.45) is 6.39. The number of rotatable bonds is 8. The number of amides is 2. The van der Waals surface area contributed by atoms with Gasteiger partial charge in [0.15, 0.2) is 0 Å². The Morgan fingerprint density at radius 3 is 2.56 bits per heavy atom. The fourth-order valence-electron chi connectivity index (χ4n) is 5.00. The van der Waals surface area contributed by atoms with Crippen LogP contribution in [0.15, 0.2) is 30.3 Å². The standard InChI is InChI=1S/C27H38N4O3/c1-5-34-22-13-11-20(12-14-22)23-17-24-25(32)30(16-15-19(2)3)27(4,18-31(24)29-23)26(33)28-21-9-7-6-8-10-21/h11-14,17,19,21H,5-10,15-16,18H2,1-4H3,(H,28,33)/t27-/m1/s1. The third kappa shape index (κ3) is 4.98. The highest BCUT2D eigenvalue weighted by Gasteiger charge is 2.48. The topological polar surface area (TPSA) is 76.5 Å². The molecule has 1 aromatic carbocycles. The first-order valence-electron chi connectivity index (χ1n) is 12.8. The van der Waals surface area contributed by atoms with Crippen molar-refractivity contribution < 1.29 is 14.3 Å². The van der Waals surface area contributed by atoms with Gasteiger partial charge in [-0.05, 0) is 69.4 Å². The second-order valence-electron chi connectivity index (χ2n) is 10.3. The van der Waals surface area contributed by atoms with Crippen molar-refractivity contribution >= 4 is 11.8 Å². The van der Waals surface area contributed by atoms with Gasteiger partial charge in [-0.2, -0.15) is 5.10 Å². The monoisotopic (exact) mass is 466 g/mol. The molecule has 1 N–H and O–H groups in total. The molecule has 1 saturated carbocycles. The van der Waals surface area contributed by atoms with E-state index in [9.17, 15) is 9.59 Å². The molecule has 1 aliphatic heterocycles. The third-order valence-electron chi connectivity index (χ3n) is 7.12. The number of hydrogen-bond acceptors (Lipinski definition) is 4. The molecule has 0 radical (unpaired) electrons. The Bertz CT molecular complexity index is 1010. The Labute approximate surface area is 202 Å². The zero-order valence-corrected chi connectivity index (χ0v) is 21.0. The lowest BCUT2D eigenvalue weighted by atomic mass is 9.91. The van der Waals surface area contributed by atoms with Crippen LogP contribution in [-0.2, 0) is 11.3 Å². The molecule has 1 aliphatic carbocycles. The molecule has 2 aliphatic rings. The summed E-state index contributed by atoms with van der Waals surface area (Å²) >= 11 is 0. The van der Waals surface area contributed by atoms with E-state index in [1.807, 2.05) is 44.2 Å². The normalized spacial score (nSPS) is 21.0. The second kappa shape index (κ2) is 10.2. The van der Waals surface area contributed by atoms with E-state index in [1.165, 1.54) is 6.42 Å². The predicted molar refractivity (Wildman–Crippen MR) is 133 cm³/mol. The number of benzene rings is 1. The van der Waals surface area contributed by atoms with Crippen molar-refractivity contribution in [1.29, 1.82) is 0 Å². The van der Waals surface area contributed by atoms with Gasteiger partial charge in [0, 0.05) is 18.2 Å². The van der Waals surface area contributed by atoms with Gasteiger partial charge in [-0.25, -0.2) is 0 Å². The number of carbonyl (C=O) groups is 2. The van der Waals surface area contributed by atoms with Gasteiger partial charge in [-0.1, -0.05) is 33.1 Å². The van der Waals surface area contributed by atoms with Gasteiger partial charge in [-0.3, -0.25) is 14.3 Å². The van der Waals surface area contributed by atoms with Crippen molar-refractivity contribution in [2.75, 3.05) is 13.2 Å². The first-order chi connectivity index (χ1) is 16.3. The van der Waals surface area contributed by atoms with Crippen molar-refractivity contribution in [2.45, 2.75) is 84.3 Å². The van der Waals surface area contributed by atoms with Gasteiger partial charge in [-0.15, -0.1) is 0 Å². The highest BCUT2D eigenvalue weighted by Crippen LogP contribution is 2.32. The van der Waals surface area contributed by atoms with Crippen LogP contribution in [0.4, 0.5) is 0 Å². The molecule has 184 valence electrons. The minimum atomic E-state index is -0.974. The molecule has 2 heterocycles. The van der Waals surface area contributed by atoms with Crippen LogP contribution in [0.25, 0.3) is 11.3 Å². The minimum Gasteiger partial charge on any atom is -0.494 e. The first-order valence-corrected chi connectivity index (χ1v) is 12.8. The number of nitrogens with zero attached hydrogens (tertiary/aromatic N) is 3. The summed E-state index contributed by atoms with van der Waals surface area (Å²) < 4.78 is 7.26. The van der Waals surface area contributed by atoms with Gasteiger partial charge >= 0.3 is 0 Å². The molecule has 7 heteroatoms. The summed E-state index contributed by atoms with van der Waals surface area (Å²) in [4.78, 5) is 29.1. The van der Waals surface area contributed by atoms with Crippen molar-refractivity contribution in [1.82, 2.24) is 20.0 Å². The maximum Gasteiger partial charge on any atom is 0.273 e.